The van der Waals surface area contributed by atoms with Crippen LogP contribution in [0.4, 0.5) is 4.39 Å². The van der Waals surface area contributed by atoms with Crippen LogP contribution in [0.15, 0.2) is 42.5 Å². The molecule has 3 rings (SSSR count). The summed E-state index contributed by atoms with van der Waals surface area (Å²) in [5.74, 6) is 0.401. The third-order valence-electron chi connectivity index (χ3n) is 5.55. The molecular formula is C26H33FN2O3. The van der Waals surface area contributed by atoms with Gasteiger partial charge in [0, 0.05) is 19.0 Å². The second-order valence-corrected chi connectivity index (χ2v) is 9.17. The second-order valence-electron chi connectivity index (χ2n) is 9.17. The van der Waals surface area contributed by atoms with Crippen LogP contribution >= 0.6 is 0 Å². The monoisotopic (exact) mass is 440 g/mol. The van der Waals surface area contributed by atoms with Crippen LogP contribution in [0, 0.1) is 11.7 Å². The van der Waals surface area contributed by atoms with Gasteiger partial charge in [0.1, 0.15) is 11.6 Å². The third kappa shape index (κ3) is 5.67. The zero-order valence-corrected chi connectivity index (χ0v) is 19.5. The van der Waals surface area contributed by atoms with Crippen molar-refractivity contribution in [1.29, 1.82) is 0 Å². The standard InChI is InChI=1S/C26H33FN2O3/c1-16(2)14-24(30)29-13-12-19-8-11-22(32-18(5)26(31)28-17(3)4)15-23(19)25(29)20-6-9-21(27)10-7-20/h6-11,15-18,25H,12-14H2,1-5H3,(H,28,31)/t18-,25-/m1/s1. The zero-order chi connectivity index (χ0) is 23.4. The molecule has 1 aliphatic rings. The first kappa shape index (κ1) is 23.8. The Balaban J connectivity index is 1.96. The molecule has 0 radical (unpaired) electrons. The first-order valence-electron chi connectivity index (χ1n) is 11.3. The Hall–Kier alpha value is -2.89. The fourth-order valence-corrected chi connectivity index (χ4v) is 4.07. The molecule has 0 saturated carbocycles. The molecule has 2 aromatic rings. The molecule has 0 aliphatic carbocycles. The summed E-state index contributed by atoms with van der Waals surface area (Å²) >= 11 is 0. The minimum atomic E-state index is -0.651. The predicted molar refractivity (Wildman–Crippen MR) is 123 cm³/mol. The van der Waals surface area contributed by atoms with Gasteiger partial charge in [-0.1, -0.05) is 32.0 Å². The number of halogens is 1. The van der Waals surface area contributed by atoms with Crippen molar-refractivity contribution < 1.29 is 18.7 Å². The fourth-order valence-electron chi connectivity index (χ4n) is 4.07. The summed E-state index contributed by atoms with van der Waals surface area (Å²) in [6, 6.07) is 11.8. The summed E-state index contributed by atoms with van der Waals surface area (Å²) in [7, 11) is 0. The molecule has 32 heavy (non-hydrogen) atoms. The number of carbonyl (C=O) groups is 2. The SMILES string of the molecule is CC(C)CC(=O)N1CCc2ccc(O[C@H](C)C(=O)NC(C)C)cc2[C@H]1c1ccc(F)cc1. The number of nitrogens with zero attached hydrogens (tertiary/aromatic N) is 1. The van der Waals surface area contributed by atoms with Crippen LogP contribution in [-0.2, 0) is 16.0 Å². The second kappa shape index (κ2) is 10.2. The fraction of sp³-hybridized carbons (Fsp3) is 0.462. The Morgan fingerprint density at radius 2 is 1.78 bits per heavy atom. The van der Waals surface area contributed by atoms with E-state index in [2.05, 4.69) is 5.32 Å². The maximum Gasteiger partial charge on any atom is 0.260 e. The van der Waals surface area contributed by atoms with Crippen LogP contribution in [-0.4, -0.2) is 35.4 Å². The molecule has 0 unspecified atom stereocenters. The highest BCUT2D eigenvalue weighted by Gasteiger charge is 2.32. The molecule has 2 amide bonds. The average molecular weight is 441 g/mol. The lowest BCUT2D eigenvalue weighted by Gasteiger charge is -2.38. The number of carbonyl (C=O) groups excluding carboxylic acids is 2. The third-order valence-corrected chi connectivity index (χ3v) is 5.55. The summed E-state index contributed by atoms with van der Waals surface area (Å²) in [4.78, 5) is 27.3. The lowest BCUT2D eigenvalue weighted by molar-refractivity contribution is -0.134. The Labute approximate surface area is 190 Å². The molecule has 172 valence electrons. The predicted octanol–water partition coefficient (Wildman–Crippen LogP) is 4.64. The normalized spacial score (nSPS) is 16.6. The maximum atomic E-state index is 13.6. The van der Waals surface area contributed by atoms with Gasteiger partial charge in [0.15, 0.2) is 6.10 Å². The lowest BCUT2D eigenvalue weighted by Crippen LogP contribution is -2.41. The van der Waals surface area contributed by atoms with Crippen LogP contribution in [0.25, 0.3) is 0 Å². The van der Waals surface area contributed by atoms with Gasteiger partial charge in [-0.05, 0) is 74.1 Å². The quantitative estimate of drug-likeness (QED) is 0.683. The molecule has 6 heteroatoms. The van der Waals surface area contributed by atoms with Crippen LogP contribution in [0.3, 0.4) is 0 Å². The van der Waals surface area contributed by atoms with E-state index >= 15 is 0 Å². The number of ether oxygens (including phenoxy) is 1. The molecule has 0 aromatic heterocycles. The zero-order valence-electron chi connectivity index (χ0n) is 19.5. The van der Waals surface area contributed by atoms with Crippen molar-refractivity contribution in [3.05, 3.63) is 65.0 Å². The number of hydrogen-bond donors (Lipinski definition) is 1. The molecular weight excluding hydrogens is 407 g/mol. The van der Waals surface area contributed by atoms with Crippen molar-refractivity contribution in [2.45, 2.75) is 65.6 Å². The first-order chi connectivity index (χ1) is 15.2. The van der Waals surface area contributed by atoms with E-state index in [0.29, 0.717) is 18.7 Å². The topological polar surface area (TPSA) is 58.6 Å². The largest absolute Gasteiger partial charge is 0.481 e. The molecule has 0 spiro atoms. The van der Waals surface area contributed by atoms with E-state index in [1.54, 1.807) is 19.1 Å². The van der Waals surface area contributed by atoms with E-state index in [1.807, 2.05) is 50.8 Å². The number of nitrogens with one attached hydrogen (secondary N) is 1. The molecule has 1 N–H and O–H groups in total. The highest BCUT2D eigenvalue weighted by Crippen LogP contribution is 2.38. The van der Waals surface area contributed by atoms with Crippen molar-refractivity contribution in [2.24, 2.45) is 5.92 Å². The van der Waals surface area contributed by atoms with Gasteiger partial charge in [-0.3, -0.25) is 9.59 Å². The molecule has 0 fully saturated rings. The van der Waals surface area contributed by atoms with E-state index in [-0.39, 0.29) is 35.6 Å². The van der Waals surface area contributed by atoms with Crippen LogP contribution in [0.5, 0.6) is 5.75 Å². The highest BCUT2D eigenvalue weighted by atomic mass is 19.1. The van der Waals surface area contributed by atoms with E-state index in [0.717, 1.165) is 23.1 Å². The van der Waals surface area contributed by atoms with Crippen LogP contribution in [0.1, 0.15) is 63.8 Å². The van der Waals surface area contributed by atoms with Gasteiger partial charge in [0.2, 0.25) is 5.91 Å². The number of rotatable bonds is 7. The van der Waals surface area contributed by atoms with E-state index in [4.69, 9.17) is 4.74 Å². The van der Waals surface area contributed by atoms with Crippen molar-refractivity contribution in [2.75, 3.05) is 6.54 Å². The van der Waals surface area contributed by atoms with Gasteiger partial charge in [0.25, 0.3) is 5.91 Å². The minimum absolute atomic E-state index is 0.0282. The van der Waals surface area contributed by atoms with E-state index in [1.165, 1.54) is 12.1 Å². The van der Waals surface area contributed by atoms with Gasteiger partial charge in [-0.2, -0.15) is 0 Å². The van der Waals surface area contributed by atoms with E-state index in [9.17, 15) is 14.0 Å². The molecule has 5 nitrogen and oxygen atoms in total. The Kier molecular flexibility index (Phi) is 7.54. The van der Waals surface area contributed by atoms with Gasteiger partial charge >= 0.3 is 0 Å². The average Bonchev–Trinajstić information content (AvgIpc) is 2.72. The maximum absolute atomic E-state index is 13.6. The van der Waals surface area contributed by atoms with Gasteiger partial charge in [-0.25, -0.2) is 4.39 Å². The molecule has 1 heterocycles. The Morgan fingerprint density at radius 3 is 2.41 bits per heavy atom. The Morgan fingerprint density at radius 1 is 1.09 bits per heavy atom. The van der Waals surface area contributed by atoms with Crippen molar-refractivity contribution in [3.63, 3.8) is 0 Å². The van der Waals surface area contributed by atoms with Crippen molar-refractivity contribution >= 4 is 11.8 Å². The summed E-state index contributed by atoms with van der Waals surface area (Å²) in [5.41, 5.74) is 2.93. The van der Waals surface area contributed by atoms with Crippen molar-refractivity contribution in [3.8, 4) is 5.75 Å². The number of fused-ring (bicyclic) bond motifs is 1. The van der Waals surface area contributed by atoms with Crippen molar-refractivity contribution in [1.82, 2.24) is 10.2 Å². The summed E-state index contributed by atoms with van der Waals surface area (Å²) in [5, 5.41) is 2.85. The van der Waals surface area contributed by atoms with Gasteiger partial charge < -0.3 is 15.0 Å². The minimum Gasteiger partial charge on any atom is -0.481 e. The molecule has 2 atom stereocenters. The molecule has 0 saturated heterocycles. The summed E-state index contributed by atoms with van der Waals surface area (Å²) in [6.45, 7) is 10.2. The number of hydrogen-bond acceptors (Lipinski definition) is 3. The number of benzene rings is 2. The molecule has 0 bridgehead atoms. The van der Waals surface area contributed by atoms with Crippen LogP contribution in [0.2, 0.25) is 0 Å². The van der Waals surface area contributed by atoms with E-state index < -0.39 is 6.10 Å². The van der Waals surface area contributed by atoms with Gasteiger partial charge in [0.05, 0.1) is 6.04 Å². The lowest BCUT2D eigenvalue weighted by atomic mass is 9.87. The number of amides is 2. The summed E-state index contributed by atoms with van der Waals surface area (Å²) < 4.78 is 19.5. The first-order valence-corrected chi connectivity index (χ1v) is 11.3. The Bertz CT molecular complexity index is 956. The van der Waals surface area contributed by atoms with Gasteiger partial charge in [-0.15, -0.1) is 0 Å². The highest BCUT2D eigenvalue weighted by molar-refractivity contribution is 5.81. The van der Waals surface area contributed by atoms with Crippen LogP contribution < -0.4 is 10.1 Å². The molecule has 1 aliphatic heterocycles. The molecule has 2 aromatic carbocycles. The summed E-state index contributed by atoms with van der Waals surface area (Å²) in [6.07, 6.45) is 0.540. The smallest absolute Gasteiger partial charge is 0.260 e.